The lowest BCUT2D eigenvalue weighted by atomic mass is 10.1. The van der Waals surface area contributed by atoms with Gasteiger partial charge in [-0.25, -0.2) is 4.98 Å². The molecule has 1 aromatic carbocycles. The van der Waals surface area contributed by atoms with Crippen molar-refractivity contribution in [3.8, 4) is 5.75 Å². The van der Waals surface area contributed by atoms with Crippen LogP contribution in [0.15, 0.2) is 36.4 Å². The highest BCUT2D eigenvalue weighted by molar-refractivity contribution is 7.21. The number of carbonyl (C=O) groups excluding carboxylic acids is 1. The summed E-state index contributed by atoms with van der Waals surface area (Å²) < 4.78 is 5.27. The van der Waals surface area contributed by atoms with Gasteiger partial charge in [-0.15, -0.1) is 11.3 Å². The molecule has 0 aliphatic heterocycles. The van der Waals surface area contributed by atoms with E-state index in [0.717, 1.165) is 22.3 Å². The SMILES string of the molecule is COc1ccccc1NC(=O)c1sc2nc(CC(C)C)ccc2c1N. The third-order valence-electron chi connectivity index (χ3n) is 3.83. The summed E-state index contributed by atoms with van der Waals surface area (Å²) >= 11 is 1.32. The zero-order valence-corrected chi connectivity index (χ0v) is 15.3. The van der Waals surface area contributed by atoms with E-state index in [9.17, 15) is 4.79 Å². The van der Waals surface area contributed by atoms with Crippen LogP contribution >= 0.6 is 11.3 Å². The third kappa shape index (κ3) is 3.58. The van der Waals surface area contributed by atoms with Gasteiger partial charge >= 0.3 is 0 Å². The number of fused-ring (bicyclic) bond motifs is 1. The number of hydrogen-bond acceptors (Lipinski definition) is 5. The molecule has 130 valence electrons. The molecule has 0 saturated heterocycles. The highest BCUT2D eigenvalue weighted by Gasteiger charge is 2.19. The molecule has 0 atom stereocenters. The van der Waals surface area contributed by atoms with Gasteiger partial charge in [-0.1, -0.05) is 26.0 Å². The number of nitrogens with two attached hydrogens (primary N) is 1. The van der Waals surface area contributed by atoms with E-state index in [-0.39, 0.29) is 5.91 Å². The quantitative estimate of drug-likeness (QED) is 0.714. The molecule has 5 nitrogen and oxygen atoms in total. The predicted molar refractivity (Wildman–Crippen MR) is 104 cm³/mol. The summed E-state index contributed by atoms with van der Waals surface area (Å²) in [5, 5.41) is 3.69. The van der Waals surface area contributed by atoms with Crippen LogP contribution in [0.5, 0.6) is 5.75 Å². The van der Waals surface area contributed by atoms with Crippen molar-refractivity contribution in [2.75, 3.05) is 18.2 Å². The number of methoxy groups -OCH3 is 1. The number of rotatable bonds is 5. The molecule has 0 aliphatic rings. The number of thiophene rings is 1. The Bertz CT molecular complexity index is 918. The molecule has 3 rings (SSSR count). The Morgan fingerprint density at radius 1 is 1.28 bits per heavy atom. The van der Waals surface area contributed by atoms with E-state index in [1.54, 1.807) is 19.2 Å². The first-order valence-corrected chi connectivity index (χ1v) is 8.93. The smallest absolute Gasteiger partial charge is 0.268 e. The number of pyridine rings is 1. The van der Waals surface area contributed by atoms with Gasteiger partial charge in [0.2, 0.25) is 0 Å². The lowest BCUT2D eigenvalue weighted by Gasteiger charge is -2.09. The molecular formula is C19H21N3O2S. The molecule has 1 amide bonds. The fourth-order valence-electron chi connectivity index (χ4n) is 2.66. The molecule has 0 unspecified atom stereocenters. The average molecular weight is 355 g/mol. The summed E-state index contributed by atoms with van der Waals surface area (Å²) in [5.41, 5.74) is 8.29. The highest BCUT2D eigenvalue weighted by Crippen LogP contribution is 2.34. The standard InChI is InChI=1S/C19H21N3O2S/c1-11(2)10-12-8-9-13-16(20)17(25-19(13)21-12)18(23)22-14-6-4-5-7-15(14)24-3/h4-9,11H,10,20H2,1-3H3,(H,22,23). The minimum Gasteiger partial charge on any atom is -0.495 e. The van der Waals surface area contributed by atoms with Crippen molar-refractivity contribution in [1.82, 2.24) is 4.98 Å². The molecule has 2 aromatic heterocycles. The van der Waals surface area contributed by atoms with Crippen LogP contribution in [0.3, 0.4) is 0 Å². The number of para-hydroxylation sites is 2. The van der Waals surface area contributed by atoms with Crippen LogP contribution in [0.25, 0.3) is 10.2 Å². The number of nitrogens with zero attached hydrogens (tertiary/aromatic N) is 1. The molecule has 3 N–H and O–H groups in total. The molecule has 0 saturated carbocycles. The number of benzene rings is 1. The van der Waals surface area contributed by atoms with Crippen LogP contribution in [-0.4, -0.2) is 18.0 Å². The fourth-order valence-corrected chi connectivity index (χ4v) is 3.67. The van der Waals surface area contributed by atoms with Crippen LogP contribution in [0.2, 0.25) is 0 Å². The van der Waals surface area contributed by atoms with E-state index >= 15 is 0 Å². The molecule has 25 heavy (non-hydrogen) atoms. The lowest BCUT2D eigenvalue weighted by molar-refractivity contribution is 0.103. The maximum atomic E-state index is 12.7. The zero-order valence-electron chi connectivity index (χ0n) is 14.5. The normalized spacial score (nSPS) is 11.0. The van der Waals surface area contributed by atoms with Crippen molar-refractivity contribution >= 4 is 38.8 Å². The third-order valence-corrected chi connectivity index (χ3v) is 4.94. The van der Waals surface area contributed by atoms with Crippen LogP contribution in [0.1, 0.15) is 29.2 Å². The number of anilines is 2. The summed E-state index contributed by atoms with van der Waals surface area (Å²) in [6.45, 7) is 4.31. The van der Waals surface area contributed by atoms with Gasteiger partial charge in [0.1, 0.15) is 15.5 Å². The summed E-state index contributed by atoms with van der Waals surface area (Å²) in [5.74, 6) is 0.874. The molecular weight excluding hydrogens is 334 g/mol. The summed E-state index contributed by atoms with van der Waals surface area (Å²) in [6, 6.07) is 11.2. The molecule has 0 spiro atoms. The first kappa shape index (κ1) is 17.2. The molecule has 0 bridgehead atoms. The van der Waals surface area contributed by atoms with Gasteiger partial charge in [0.05, 0.1) is 18.5 Å². The first-order chi connectivity index (χ1) is 12.0. The van der Waals surface area contributed by atoms with E-state index < -0.39 is 0 Å². The highest BCUT2D eigenvalue weighted by atomic mass is 32.1. The number of aromatic nitrogens is 1. The topological polar surface area (TPSA) is 77.2 Å². The van der Waals surface area contributed by atoms with Crippen LogP contribution in [0.4, 0.5) is 11.4 Å². The Labute approximate surface area is 150 Å². The van der Waals surface area contributed by atoms with Gasteiger partial charge < -0.3 is 15.8 Å². The van der Waals surface area contributed by atoms with Crippen molar-refractivity contribution in [1.29, 1.82) is 0 Å². The number of amides is 1. The number of nitrogens with one attached hydrogen (secondary N) is 1. The van der Waals surface area contributed by atoms with Crippen molar-refractivity contribution in [2.45, 2.75) is 20.3 Å². The lowest BCUT2D eigenvalue weighted by Crippen LogP contribution is -2.12. The molecule has 6 heteroatoms. The predicted octanol–water partition coefficient (Wildman–Crippen LogP) is 4.34. The van der Waals surface area contributed by atoms with Crippen molar-refractivity contribution < 1.29 is 9.53 Å². The molecule has 0 fully saturated rings. The van der Waals surface area contributed by atoms with Gasteiger partial charge in [-0.2, -0.15) is 0 Å². The minimum atomic E-state index is -0.254. The Hall–Kier alpha value is -2.60. The largest absolute Gasteiger partial charge is 0.495 e. The average Bonchev–Trinajstić information content (AvgIpc) is 2.91. The molecule has 0 radical (unpaired) electrons. The van der Waals surface area contributed by atoms with Gasteiger partial charge in [-0.3, -0.25) is 4.79 Å². The Kier molecular flexibility index (Phi) is 4.90. The summed E-state index contributed by atoms with van der Waals surface area (Å²) in [7, 11) is 1.57. The maximum absolute atomic E-state index is 12.7. The Balaban J connectivity index is 1.92. The van der Waals surface area contributed by atoms with Crippen LogP contribution < -0.4 is 15.8 Å². The van der Waals surface area contributed by atoms with E-state index in [2.05, 4.69) is 24.1 Å². The van der Waals surface area contributed by atoms with E-state index in [1.807, 2.05) is 24.3 Å². The summed E-state index contributed by atoms with van der Waals surface area (Å²) in [4.78, 5) is 18.6. The number of nitrogen functional groups attached to an aromatic ring is 1. The maximum Gasteiger partial charge on any atom is 0.268 e. The number of ether oxygens (including phenoxy) is 1. The van der Waals surface area contributed by atoms with Gasteiger partial charge in [0.25, 0.3) is 5.91 Å². The fraction of sp³-hybridized carbons (Fsp3) is 0.263. The van der Waals surface area contributed by atoms with Gasteiger partial charge in [0.15, 0.2) is 0 Å². The van der Waals surface area contributed by atoms with Crippen molar-refractivity contribution in [3.63, 3.8) is 0 Å². The van der Waals surface area contributed by atoms with Crippen LogP contribution in [0, 0.1) is 5.92 Å². The van der Waals surface area contributed by atoms with Crippen molar-refractivity contribution in [3.05, 3.63) is 47.0 Å². The second-order valence-electron chi connectivity index (χ2n) is 6.25. The van der Waals surface area contributed by atoms with E-state index in [1.165, 1.54) is 11.3 Å². The Morgan fingerprint density at radius 2 is 2.04 bits per heavy atom. The van der Waals surface area contributed by atoms with Gasteiger partial charge in [0, 0.05) is 11.1 Å². The molecule has 3 aromatic rings. The minimum absolute atomic E-state index is 0.254. The van der Waals surface area contributed by atoms with E-state index in [4.69, 9.17) is 10.5 Å². The number of hydrogen-bond donors (Lipinski definition) is 2. The second kappa shape index (κ2) is 7.11. The number of carbonyl (C=O) groups is 1. The first-order valence-electron chi connectivity index (χ1n) is 8.12. The summed E-state index contributed by atoms with van der Waals surface area (Å²) in [6.07, 6.45) is 0.899. The zero-order chi connectivity index (χ0) is 18.0. The van der Waals surface area contributed by atoms with Crippen molar-refractivity contribution in [2.24, 2.45) is 5.92 Å². The molecule has 2 heterocycles. The Morgan fingerprint density at radius 3 is 2.76 bits per heavy atom. The second-order valence-corrected chi connectivity index (χ2v) is 7.25. The van der Waals surface area contributed by atoms with Crippen LogP contribution in [-0.2, 0) is 6.42 Å². The van der Waals surface area contributed by atoms with Gasteiger partial charge in [-0.05, 0) is 36.6 Å². The molecule has 0 aliphatic carbocycles. The van der Waals surface area contributed by atoms with E-state index in [0.29, 0.717) is 27.9 Å². The monoisotopic (exact) mass is 355 g/mol.